The van der Waals surface area contributed by atoms with Gasteiger partial charge in [0, 0.05) is 29.6 Å². The fourth-order valence-corrected chi connectivity index (χ4v) is 5.70. The molecule has 2 atom stereocenters. The van der Waals surface area contributed by atoms with Gasteiger partial charge in [0.1, 0.15) is 4.90 Å². The molecule has 3 aromatic rings. The van der Waals surface area contributed by atoms with Gasteiger partial charge in [-0.25, -0.2) is 13.4 Å². The summed E-state index contributed by atoms with van der Waals surface area (Å²) in [4.78, 5) is 15.5. The van der Waals surface area contributed by atoms with E-state index in [2.05, 4.69) is 10.1 Å². The van der Waals surface area contributed by atoms with Crippen LogP contribution in [-0.4, -0.2) is 58.3 Å². The van der Waals surface area contributed by atoms with Crippen molar-refractivity contribution in [2.45, 2.75) is 31.2 Å². The van der Waals surface area contributed by atoms with E-state index in [0.717, 1.165) is 5.52 Å². The van der Waals surface area contributed by atoms with Gasteiger partial charge in [0.25, 0.3) is 0 Å². The maximum absolute atomic E-state index is 13.2. The summed E-state index contributed by atoms with van der Waals surface area (Å²) in [6, 6.07) is 7.96. The Bertz CT molecular complexity index is 1260. The molecule has 0 bridgehead atoms. The normalized spacial score (nSPS) is 19.5. The predicted octanol–water partition coefficient (Wildman–Crippen LogP) is 2.99. The number of rotatable bonds is 7. The zero-order valence-electron chi connectivity index (χ0n) is 17.6. The number of carboxylic acid groups (broad SMARTS) is 1. The number of benzene rings is 1. The highest BCUT2D eigenvalue weighted by Gasteiger charge is 2.39. The number of pyridine rings is 1. The van der Waals surface area contributed by atoms with Crippen molar-refractivity contribution >= 4 is 38.5 Å². The highest BCUT2D eigenvalue weighted by molar-refractivity contribution is 7.89. The number of halogens is 1. The summed E-state index contributed by atoms with van der Waals surface area (Å²) >= 11 is 6.12. The van der Waals surface area contributed by atoms with E-state index >= 15 is 0 Å². The predicted molar refractivity (Wildman–Crippen MR) is 118 cm³/mol. The molecule has 0 unspecified atom stereocenters. The lowest BCUT2D eigenvalue weighted by Gasteiger charge is -2.17. The van der Waals surface area contributed by atoms with Crippen molar-refractivity contribution in [1.82, 2.24) is 19.1 Å². The Morgan fingerprint density at radius 2 is 2.06 bits per heavy atom. The average molecular weight is 479 g/mol. The quantitative estimate of drug-likeness (QED) is 0.555. The third-order valence-corrected chi connectivity index (χ3v) is 7.61. The fourth-order valence-electron chi connectivity index (χ4n) is 4.03. The molecular formula is C21H23ClN4O5S. The van der Waals surface area contributed by atoms with Crippen LogP contribution in [0.4, 0.5) is 0 Å². The zero-order valence-corrected chi connectivity index (χ0v) is 19.2. The van der Waals surface area contributed by atoms with Gasteiger partial charge in [0.05, 0.1) is 36.5 Å². The summed E-state index contributed by atoms with van der Waals surface area (Å²) in [5.41, 5.74) is 1.13. The maximum atomic E-state index is 13.2. The molecule has 4 rings (SSSR count). The minimum atomic E-state index is -3.76. The van der Waals surface area contributed by atoms with Gasteiger partial charge in [-0.05, 0) is 37.1 Å². The molecular weight excluding hydrogens is 456 g/mol. The van der Waals surface area contributed by atoms with Crippen LogP contribution in [0.2, 0.25) is 5.02 Å². The smallest absolute Gasteiger partial charge is 0.309 e. The molecule has 0 radical (unpaired) electrons. The van der Waals surface area contributed by atoms with Crippen LogP contribution in [-0.2, 0) is 21.2 Å². The third-order valence-electron chi connectivity index (χ3n) is 5.56. The van der Waals surface area contributed by atoms with E-state index in [1.807, 2.05) is 13.8 Å². The molecule has 1 fully saturated rings. The monoisotopic (exact) mass is 478 g/mol. The highest BCUT2D eigenvalue weighted by Crippen LogP contribution is 2.35. The van der Waals surface area contributed by atoms with Gasteiger partial charge in [-0.15, -0.1) is 0 Å². The summed E-state index contributed by atoms with van der Waals surface area (Å²) in [6.45, 7) is 4.74. The fraction of sp³-hybridized carbons (Fsp3) is 0.381. The Labute approximate surface area is 190 Å². The number of fused-ring (bicyclic) bond motifs is 1. The van der Waals surface area contributed by atoms with Crippen molar-refractivity contribution in [3.63, 3.8) is 0 Å². The van der Waals surface area contributed by atoms with Crippen molar-refractivity contribution in [3.8, 4) is 5.88 Å². The summed E-state index contributed by atoms with van der Waals surface area (Å²) in [7, 11) is -3.76. The molecule has 3 heterocycles. The molecule has 0 spiro atoms. The van der Waals surface area contributed by atoms with Crippen molar-refractivity contribution in [2.24, 2.45) is 5.92 Å². The van der Waals surface area contributed by atoms with Crippen molar-refractivity contribution < 1.29 is 23.1 Å². The van der Waals surface area contributed by atoms with Gasteiger partial charge in [0.15, 0.2) is 0 Å². The Hall–Kier alpha value is -2.69. The van der Waals surface area contributed by atoms with Crippen LogP contribution in [0.1, 0.15) is 25.6 Å². The van der Waals surface area contributed by atoms with Gasteiger partial charge in [-0.3, -0.25) is 9.48 Å². The third kappa shape index (κ3) is 4.17. The lowest BCUT2D eigenvalue weighted by Crippen LogP contribution is -2.29. The number of hydrogen-bond acceptors (Lipinski definition) is 6. The summed E-state index contributed by atoms with van der Waals surface area (Å²) in [5, 5.41) is 15.0. The molecule has 1 aliphatic heterocycles. The number of nitrogens with zero attached hydrogens (tertiary/aromatic N) is 4. The average Bonchev–Trinajstić information content (AvgIpc) is 3.29. The Kier molecular flexibility index (Phi) is 6.11. The molecule has 1 aliphatic rings. The number of ether oxygens (including phenoxy) is 1. The van der Waals surface area contributed by atoms with Gasteiger partial charge < -0.3 is 9.84 Å². The molecule has 32 heavy (non-hydrogen) atoms. The number of carbonyl (C=O) groups is 1. The Morgan fingerprint density at radius 1 is 1.28 bits per heavy atom. The second-order valence-electron chi connectivity index (χ2n) is 7.76. The number of hydrogen-bond donors (Lipinski definition) is 1. The summed E-state index contributed by atoms with van der Waals surface area (Å²) in [5.74, 6) is -0.674. The van der Waals surface area contributed by atoms with E-state index in [0.29, 0.717) is 35.1 Å². The minimum absolute atomic E-state index is 0.0445. The topological polar surface area (TPSA) is 115 Å². The van der Waals surface area contributed by atoms with Gasteiger partial charge in [-0.1, -0.05) is 18.5 Å². The lowest BCUT2D eigenvalue weighted by molar-refractivity contribution is -0.136. The molecule has 1 N–H and O–H groups in total. The molecule has 11 heteroatoms. The molecule has 9 nitrogen and oxygen atoms in total. The standard InChI is InChI=1S/C21H23ClN4O5S/c1-3-31-20-7-5-15(10-23-20)32(29,30)25-11-13(2)19(12-25)26-18-6-4-14(22)8-16(18)17(24-26)9-21(27)28/h4-8,10,13,19H,3,9,11-12H2,1-2H3,(H,27,28)/t13-,19+/m1/s1. The van der Waals surface area contributed by atoms with Crippen LogP contribution in [0.5, 0.6) is 5.88 Å². The number of carboxylic acids is 1. The summed E-state index contributed by atoms with van der Waals surface area (Å²) in [6.07, 6.45) is 1.05. The number of aromatic nitrogens is 3. The van der Waals surface area contributed by atoms with Crippen molar-refractivity contribution in [1.29, 1.82) is 0 Å². The van der Waals surface area contributed by atoms with Gasteiger partial charge in [0.2, 0.25) is 15.9 Å². The molecule has 1 aromatic carbocycles. The van der Waals surface area contributed by atoms with E-state index in [9.17, 15) is 18.3 Å². The first-order valence-corrected chi connectivity index (χ1v) is 12.0. The van der Waals surface area contributed by atoms with E-state index in [-0.39, 0.29) is 29.8 Å². The van der Waals surface area contributed by atoms with E-state index < -0.39 is 16.0 Å². The van der Waals surface area contributed by atoms with Crippen molar-refractivity contribution in [2.75, 3.05) is 19.7 Å². The van der Waals surface area contributed by atoms with E-state index in [1.165, 1.54) is 22.6 Å². The molecule has 1 saturated heterocycles. The maximum Gasteiger partial charge on any atom is 0.309 e. The molecule has 170 valence electrons. The summed E-state index contributed by atoms with van der Waals surface area (Å²) < 4.78 is 34.9. The Morgan fingerprint density at radius 3 is 2.72 bits per heavy atom. The Balaban J connectivity index is 1.66. The number of sulfonamides is 1. The van der Waals surface area contributed by atoms with Crippen LogP contribution in [0.15, 0.2) is 41.4 Å². The van der Waals surface area contributed by atoms with E-state index in [4.69, 9.17) is 16.3 Å². The van der Waals surface area contributed by atoms with Gasteiger partial charge >= 0.3 is 5.97 Å². The first kappa shape index (κ1) is 22.5. The second-order valence-corrected chi connectivity index (χ2v) is 10.1. The molecule has 2 aromatic heterocycles. The second kappa shape index (κ2) is 8.68. The minimum Gasteiger partial charge on any atom is -0.481 e. The van der Waals surface area contributed by atoms with Crippen LogP contribution in [0.25, 0.3) is 10.9 Å². The zero-order chi connectivity index (χ0) is 23.0. The van der Waals surface area contributed by atoms with Crippen LogP contribution >= 0.6 is 11.6 Å². The van der Waals surface area contributed by atoms with E-state index in [1.54, 1.807) is 22.9 Å². The largest absolute Gasteiger partial charge is 0.481 e. The van der Waals surface area contributed by atoms with Crippen LogP contribution < -0.4 is 4.74 Å². The van der Waals surface area contributed by atoms with Crippen molar-refractivity contribution in [3.05, 3.63) is 47.2 Å². The molecule has 0 amide bonds. The highest BCUT2D eigenvalue weighted by atomic mass is 35.5. The first-order valence-electron chi connectivity index (χ1n) is 10.2. The number of aliphatic carboxylic acids is 1. The van der Waals surface area contributed by atoms with Gasteiger partial charge in [-0.2, -0.15) is 9.40 Å². The molecule has 0 aliphatic carbocycles. The SMILES string of the molecule is CCOc1ccc(S(=O)(=O)N2C[C@@H](C)[C@@H](n3nc(CC(=O)O)c4cc(Cl)ccc43)C2)cn1. The van der Waals surface area contributed by atoms with Crippen LogP contribution in [0, 0.1) is 5.92 Å². The first-order chi connectivity index (χ1) is 15.2. The molecule has 0 saturated carbocycles. The van der Waals surface area contributed by atoms with Crippen LogP contribution in [0.3, 0.4) is 0 Å². The lowest BCUT2D eigenvalue weighted by atomic mass is 10.1.